The molecule has 1 amide bonds. The topological polar surface area (TPSA) is 85.4 Å². The molecule has 2 aliphatic rings. The van der Waals surface area contributed by atoms with Crippen molar-refractivity contribution in [2.45, 2.75) is 31.0 Å². The minimum absolute atomic E-state index is 0.00220. The Bertz CT molecular complexity index is 736. The predicted molar refractivity (Wildman–Crippen MR) is 98.1 cm³/mol. The van der Waals surface area contributed by atoms with Crippen LogP contribution >= 0.6 is 0 Å². The number of carbonyl (C=O) groups excluding carboxylic acids is 1. The number of sulfonamides is 1. The summed E-state index contributed by atoms with van der Waals surface area (Å²) in [5.41, 5.74) is 0. The lowest BCUT2D eigenvalue weighted by atomic mass is 10.2. The van der Waals surface area contributed by atoms with E-state index in [4.69, 9.17) is 14.2 Å². The first kappa shape index (κ1) is 20.1. The zero-order chi connectivity index (χ0) is 19.4. The van der Waals surface area contributed by atoms with Crippen molar-refractivity contribution in [3.8, 4) is 5.75 Å². The van der Waals surface area contributed by atoms with Gasteiger partial charge in [0.15, 0.2) is 6.61 Å². The minimum atomic E-state index is -3.53. The predicted octanol–water partition coefficient (Wildman–Crippen LogP) is 0.722. The largest absolute Gasteiger partial charge is 0.484 e. The molecule has 8 nitrogen and oxygen atoms in total. The first-order valence-corrected chi connectivity index (χ1v) is 10.5. The van der Waals surface area contributed by atoms with Gasteiger partial charge >= 0.3 is 0 Å². The number of ether oxygens (including phenoxy) is 3. The molecule has 1 aromatic rings. The van der Waals surface area contributed by atoms with E-state index in [1.807, 2.05) is 13.8 Å². The number of carbonyl (C=O) groups is 1. The Morgan fingerprint density at radius 3 is 2.30 bits per heavy atom. The fraction of sp³-hybridized carbons (Fsp3) is 0.611. The van der Waals surface area contributed by atoms with Crippen LogP contribution in [0.15, 0.2) is 29.2 Å². The summed E-state index contributed by atoms with van der Waals surface area (Å²) in [5.74, 6) is 0.348. The lowest BCUT2D eigenvalue weighted by molar-refractivity contribution is -0.145. The van der Waals surface area contributed by atoms with Gasteiger partial charge in [0, 0.05) is 26.2 Å². The van der Waals surface area contributed by atoms with Gasteiger partial charge in [-0.1, -0.05) is 0 Å². The maximum Gasteiger partial charge on any atom is 0.260 e. The second-order valence-corrected chi connectivity index (χ2v) is 8.77. The Morgan fingerprint density at radius 2 is 1.70 bits per heavy atom. The molecular formula is C18H26N2O6S. The highest BCUT2D eigenvalue weighted by atomic mass is 32.2. The third kappa shape index (κ3) is 4.98. The van der Waals surface area contributed by atoms with Crippen LogP contribution in [0.3, 0.4) is 0 Å². The maximum atomic E-state index is 12.6. The fourth-order valence-corrected chi connectivity index (χ4v) is 4.67. The average Bonchev–Trinajstić information content (AvgIpc) is 2.66. The molecule has 150 valence electrons. The first-order chi connectivity index (χ1) is 12.9. The van der Waals surface area contributed by atoms with Gasteiger partial charge in [-0.25, -0.2) is 8.42 Å². The molecule has 9 heteroatoms. The quantitative estimate of drug-likeness (QED) is 0.727. The molecule has 2 saturated heterocycles. The van der Waals surface area contributed by atoms with Gasteiger partial charge in [0.2, 0.25) is 10.0 Å². The summed E-state index contributed by atoms with van der Waals surface area (Å²) in [7, 11) is -3.53. The van der Waals surface area contributed by atoms with Crippen LogP contribution in [-0.2, 0) is 24.3 Å². The van der Waals surface area contributed by atoms with Gasteiger partial charge in [0.1, 0.15) is 5.75 Å². The number of morpholine rings is 2. The van der Waals surface area contributed by atoms with Crippen molar-refractivity contribution in [2.24, 2.45) is 0 Å². The minimum Gasteiger partial charge on any atom is -0.484 e. The number of nitrogens with zero attached hydrogens (tertiary/aromatic N) is 2. The SMILES string of the molecule is C[C@H]1CN(C(=O)COc2ccc(S(=O)(=O)N3CCOCC3)cc2)C[C@H](C)O1. The number of hydrogen-bond acceptors (Lipinski definition) is 6. The molecule has 0 radical (unpaired) electrons. The molecule has 3 rings (SSSR count). The highest BCUT2D eigenvalue weighted by Gasteiger charge is 2.27. The van der Waals surface area contributed by atoms with E-state index >= 15 is 0 Å². The van der Waals surface area contributed by atoms with E-state index in [0.29, 0.717) is 45.1 Å². The molecule has 27 heavy (non-hydrogen) atoms. The van der Waals surface area contributed by atoms with E-state index in [1.165, 1.54) is 16.4 Å². The van der Waals surface area contributed by atoms with E-state index in [1.54, 1.807) is 17.0 Å². The summed E-state index contributed by atoms with van der Waals surface area (Å²) in [6.45, 7) is 6.38. The maximum absolute atomic E-state index is 12.6. The molecule has 0 saturated carbocycles. The summed E-state index contributed by atoms with van der Waals surface area (Å²) in [6.07, 6.45) is 0.00440. The second kappa shape index (κ2) is 8.55. The zero-order valence-electron chi connectivity index (χ0n) is 15.7. The van der Waals surface area contributed by atoms with Crippen LogP contribution in [0.2, 0.25) is 0 Å². The van der Waals surface area contributed by atoms with Crippen molar-refractivity contribution in [3.05, 3.63) is 24.3 Å². The second-order valence-electron chi connectivity index (χ2n) is 6.83. The zero-order valence-corrected chi connectivity index (χ0v) is 16.5. The van der Waals surface area contributed by atoms with E-state index < -0.39 is 10.0 Å². The van der Waals surface area contributed by atoms with Crippen molar-refractivity contribution in [1.82, 2.24) is 9.21 Å². The molecule has 2 fully saturated rings. The van der Waals surface area contributed by atoms with E-state index in [0.717, 1.165) is 0 Å². The van der Waals surface area contributed by atoms with Crippen LogP contribution in [-0.4, -0.2) is 81.7 Å². The lowest BCUT2D eigenvalue weighted by Gasteiger charge is -2.35. The van der Waals surface area contributed by atoms with Crippen molar-refractivity contribution in [1.29, 1.82) is 0 Å². The van der Waals surface area contributed by atoms with Crippen LogP contribution in [0.25, 0.3) is 0 Å². The van der Waals surface area contributed by atoms with E-state index in [9.17, 15) is 13.2 Å². The number of benzene rings is 1. The third-order valence-corrected chi connectivity index (χ3v) is 6.48. The molecule has 0 spiro atoms. The van der Waals surface area contributed by atoms with Gasteiger partial charge in [-0.15, -0.1) is 0 Å². The third-order valence-electron chi connectivity index (χ3n) is 4.57. The van der Waals surface area contributed by atoms with Crippen LogP contribution in [0.5, 0.6) is 5.75 Å². The molecular weight excluding hydrogens is 372 g/mol. The van der Waals surface area contributed by atoms with Gasteiger partial charge < -0.3 is 19.1 Å². The van der Waals surface area contributed by atoms with E-state index in [-0.39, 0.29) is 29.6 Å². The fourth-order valence-electron chi connectivity index (χ4n) is 3.26. The number of rotatable bonds is 5. The first-order valence-electron chi connectivity index (χ1n) is 9.10. The molecule has 0 N–H and O–H groups in total. The normalized spacial score (nSPS) is 24.6. The number of hydrogen-bond donors (Lipinski definition) is 0. The van der Waals surface area contributed by atoms with E-state index in [2.05, 4.69) is 0 Å². The smallest absolute Gasteiger partial charge is 0.260 e. The lowest BCUT2D eigenvalue weighted by Crippen LogP contribution is -2.49. The molecule has 0 unspecified atom stereocenters. The summed E-state index contributed by atoms with van der Waals surface area (Å²) >= 11 is 0. The van der Waals surface area contributed by atoms with Crippen LogP contribution in [0.1, 0.15) is 13.8 Å². The molecule has 2 heterocycles. The van der Waals surface area contributed by atoms with Crippen LogP contribution in [0, 0.1) is 0 Å². The Labute approximate surface area is 160 Å². The molecule has 0 bridgehead atoms. The Morgan fingerprint density at radius 1 is 1.11 bits per heavy atom. The molecule has 2 aliphatic heterocycles. The Balaban J connectivity index is 1.57. The van der Waals surface area contributed by atoms with Gasteiger partial charge in [-0.2, -0.15) is 4.31 Å². The van der Waals surface area contributed by atoms with Gasteiger partial charge in [0.05, 0.1) is 30.3 Å². The Kier molecular flexibility index (Phi) is 6.36. The number of amides is 1. The Hall–Kier alpha value is -1.68. The van der Waals surface area contributed by atoms with Crippen molar-refractivity contribution >= 4 is 15.9 Å². The standard InChI is InChI=1S/C18H26N2O6S/c1-14-11-19(12-15(2)26-14)18(21)13-25-16-3-5-17(6-4-16)27(22,23)20-7-9-24-10-8-20/h3-6,14-15H,7-13H2,1-2H3/t14-,15-/m0/s1. The highest BCUT2D eigenvalue weighted by molar-refractivity contribution is 7.89. The van der Waals surface area contributed by atoms with Gasteiger partial charge in [-0.05, 0) is 38.1 Å². The molecule has 0 aromatic heterocycles. The summed E-state index contributed by atoms with van der Waals surface area (Å²) in [4.78, 5) is 14.3. The summed E-state index contributed by atoms with van der Waals surface area (Å²) in [5, 5.41) is 0. The average molecular weight is 398 g/mol. The van der Waals surface area contributed by atoms with Crippen molar-refractivity contribution in [2.75, 3.05) is 46.0 Å². The van der Waals surface area contributed by atoms with Crippen LogP contribution < -0.4 is 4.74 Å². The summed E-state index contributed by atoms with van der Waals surface area (Å²) < 4.78 is 43.0. The highest BCUT2D eigenvalue weighted by Crippen LogP contribution is 2.20. The van der Waals surface area contributed by atoms with Gasteiger partial charge in [-0.3, -0.25) is 4.79 Å². The van der Waals surface area contributed by atoms with Crippen LogP contribution in [0.4, 0.5) is 0 Å². The molecule has 0 aliphatic carbocycles. The monoisotopic (exact) mass is 398 g/mol. The van der Waals surface area contributed by atoms with Crippen molar-refractivity contribution in [3.63, 3.8) is 0 Å². The van der Waals surface area contributed by atoms with Gasteiger partial charge in [0.25, 0.3) is 5.91 Å². The summed E-state index contributed by atoms with van der Waals surface area (Å²) in [6, 6.07) is 6.16. The molecule has 1 aromatic carbocycles. The molecule has 2 atom stereocenters. The van der Waals surface area contributed by atoms with Crippen molar-refractivity contribution < 1.29 is 27.4 Å².